The van der Waals surface area contributed by atoms with E-state index in [1.807, 2.05) is 25.1 Å². The molecule has 0 spiro atoms. The van der Waals surface area contributed by atoms with Gasteiger partial charge in [0.1, 0.15) is 5.69 Å². The number of para-hydroxylation sites is 1. The summed E-state index contributed by atoms with van der Waals surface area (Å²) in [6, 6.07) is 10.8. The van der Waals surface area contributed by atoms with E-state index in [4.69, 9.17) is 11.6 Å². The van der Waals surface area contributed by atoms with E-state index < -0.39 is 0 Å². The highest BCUT2D eigenvalue weighted by Crippen LogP contribution is 2.20. The van der Waals surface area contributed by atoms with Gasteiger partial charge in [-0.25, -0.2) is 0 Å². The van der Waals surface area contributed by atoms with Crippen molar-refractivity contribution in [2.24, 2.45) is 7.05 Å². The molecule has 0 atom stereocenters. The molecule has 0 amide bonds. The van der Waals surface area contributed by atoms with Crippen LogP contribution in [0, 0.1) is 6.92 Å². The average Bonchev–Trinajstić information content (AvgIpc) is 2.53. The number of nitrogens with zero attached hydrogens (tertiary/aromatic N) is 1. The van der Waals surface area contributed by atoms with Crippen molar-refractivity contribution in [3.05, 3.63) is 73.4 Å². The Balaban J connectivity index is 1.94. The van der Waals surface area contributed by atoms with Crippen molar-refractivity contribution in [1.29, 1.82) is 0 Å². The molecule has 3 rings (SSSR count). The van der Waals surface area contributed by atoms with Crippen LogP contribution >= 0.6 is 11.6 Å². The first-order chi connectivity index (χ1) is 11.0. The van der Waals surface area contributed by atoms with Crippen molar-refractivity contribution < 1.29 is 0 Å². The Morgan fingerprint density at radius 3 is 2.78 bits per heavy atom. The van der Waals surface area contributed by atoms with E-state index in [9.17, 15) is 9.59 Å². The maximum Gasteiger partial charge on any atom is 0.273 e. The summed E-state index contributed by atoms with van der Waals surface area (Å²) >= 11 is 6.08. The van der Waals surface area contributed by atoms with Gasteiger partial charge in [-0.3, -0.25) is 9.59 Å². The first-order valence-corrected chi connectivity index (χ1v) is 7.56. The molecular formula is C17H16ClN3O2. The maximum atomic E-state index is 12.2. The summed E-state index contributed by atoms with van der Waals surface area (Å²) in [5.74, 6) is 0. The Bertz CT molecular complexity index is 1000. The number of pyridine rings is 2. The highest BCUT2D eigenvalue weighted by Gasteiger charge is 2.07. The molecule has 0 saturated heterocycles. The fraction of sp³-hybridized carbons (Fsp3) is 0.176. The van der Waals surface area contributed by atoms with Crippen LogP contribution in [0.3, 0.4) is 0 Å². The number of hydrogen-bond acceptors (Lipinski definition) is 3. The molecule has 0 fully saturated rings. The summed E-state index contributed by atoms with van der Waals surface area (Å²) in [5.41, 5.74) is 2.16. The number of aromatic amines is 1. The van der Waals surface area contributed by atoms with E-state index >= 15 is 0 Å². The third-order valence-corrected chi connectivity index (χ3v) is 4.25. The first kappa shape index (κ1) is 15.4. The summed E-state index contributed by atoms with van der Waals surface area (Å²) in [6.45, 7) is 2.12. The van der Waals surface area contributed by atoms with Gasteiger partial charge in [0.05, 0.1) is 10.5 Å². The summed E-state index contributed by atoms with van der Waals surface area (Å²) in [4.78, 5) is 27.1. The van der Waals surface area contributed by atoms with E-state index in [-0.39, 0.29) is 17.7 Å². The van der Waals surface area contributed by atoms with Gasteiger partial charge in [-0.2, -0.15) is 0 Å². The Hall–Kier alpha value is -2.53. The molecule has 2 N–H and O–H groups in total. The molecule has 0 aliphatic rings. The lowest BCUT2D eigenvalue weighted by Gasteiger charge is -2.10. The van der Waals surface area contributed by atoms with Crippen LogP contribution in [0.25, 0.3) is 10.9 Å². The molecule has 2 aromatic heterocycles. The number of aryl methyl sites for hydroxylation is 1. The van der Waals surface area contributed by atoms with Crippen LogP contribution in [0.15, 0.2) is 46.0 Å². The molecule has 0 bridgehead atoms. The van der Waals surface area contributed by atoms with Gasteiger partial charge in [0.2, 0.25) is 0 Å². The Labute approximate surface area is 137 Å². The SMILES string of the molecule is Cc1ccc(NCc2cc3cccc(Cl)c3[nH]c2=O)c(=O)n1C. The normalized spacial score (nSPS) is 10.9. The van der Waals surface area contributed by atoms with Gasteiger partial charge in [0, 0.05) is 30.2 Å². The molecule has 3 aromatic rings. The van der Waals surface area contributed by atoms with Crippen molar-refractivity contribution in [3.8, 4) is 0 Å². The zero-order chi connectivity index (χ0) is 16.6. The minimum absolute atomic E-state index is 0.120. The number of rotatable bonds is 3. The molecule has 0 aliphatic heterocycles. The molecule has 118 valence electrons. The van der Waals surface area contributed by atoms with Crippen molar-refractivity contribution in [2.75, 3.05) is 5.32 Å². The van der Waals surface area contributed by atoms with E-state index in [0.29, 0.717) is 21.8 Å². The number of anilines is 1. The third kappa shape index (κ3) is 2.87. The van der Waals surface area contributed by atoms with Crippen LogP contribution in [0.1, 0.15) is 11.3 Å². The average molecular weight is 330 g/mol. The molecule has 2 heterocycles. The maximum absolute atomic E-state index is 12.2. The van der Waals surface area contributed by atoms with Gasteiger partial charge in [-0.05, 0) is 31.2 Å². The van der Waals surface area contributed by atoms with Crippen LogP contribution in [0.4, 0.5) is 5.69 Å². The number of H-pyrrole nitrogens is 1. The van der Waals surface area contributed by atoms with E-state index in [1.165, 1.54) is 0 Å². The van der Waals surface area contributed by atoms with Crippen LogP contribution in [-0.2, 0) is 13.6 Å². The fourth-order valence-corrected chi connectivity index (χ4v) is 2.65. The smallest absolute Gasteiger partial charge is 0.273 e. The topological polar surface area (TPSA) is 66.9 Å². The fourth-order valence-electron chi connectivity index (χ4n) is 2.42. The number of halogens is 1. The van der Waals surface area contributed by atoms with Crippen LogP contribution in [0.2, 0.25) is 5.02 Å². The zero-order valence-electron chi connectivity index (χ0n) is 12.8. The molecule has 1 aromatic carbocycles. The zero-order valence-corrected chi connectivity index (χ0v) is 13.6. The van der Waals surface area contributed by atoms with Crippen molar-refractivity contribution >= 4 is 28.2 Å². The summed E-state index contributed by atoms with van der Waals surface area (Å²) < 4.78 is 1.56. The number of nitrogens with one attached hydrogen (secondary N) is 2. The largest absolute Gasteiger partial charge is 0.376 e. The molecule has 0 aliphatic carbocycles. The van der Waals surface area contributed by atoms with E-state index in [1.54, 1.807) is 29.8 Å². The minimum atomic E-state index is -0.220. The highest BCUT2D eigenvalue weighted by molar-refractivity contribution is 6.35. The quantitative estimate of drug-likeness (QED) is 0.776. The molecule has 0 unspecified atom stereocenters. The number of hydrogen-bond donors (Lipinski definition) is 2. The summed E-state index contributed by atoms with van der Waals surface area (Å²) in [5, 5.41) is 4.39. The lowest BCUT2D eigenvalue weighted by Crippen LogP contribution is -2.24. The second kappa shape index (κ2) is 5.93. The van der Waals surface area contributed by atoms with Crippen molar-refractivity contribution in [3.63, 3.8) is 0 Å². The Morgan fingerprint density at radius 2 is 2.00 bits per heavy atom. The Kier molecular flexibility index (Phi) is 3.96. The van der Waals surface area contributed by atoms with Crippen molar-refractivity contribution in [1.82, 2.24) is 9.55 Å². The molecule has 5 nitrogen and oxygen atoms in total. The summed E-state index contributed by atoms with van der Waals surface area (Å²) in [6.07, 6.45) is 0. The molecular weight excluding hydrogens is 314 g/mol. The molecule has 6 heteroatoms. The highest BCUT2D eigenvalue weighted by atomic mass is 35.5. The van der Waals surface area contributed by atoms with Crippen LogP contribution in [0.5, 0.6) is 0 Å². The predicted octanol–water partition coefficient (Wildman–Crippen LogP) is 2.80. The van der Waals surface area contributed by atoms with E-state index in [2.05, 4.69) is 10.3 Å². The molecule has 0 saturated carbocycles. The second-order valence-electron chi connectivity index (χ2n) is 5.43. The lowest BCUT2D eigenvalue weighted by molar-refractivity contribution is 0.818. The molecule has 0 radical (unpaired) electrons. The minimum Gasteiger partial charge on any atom is -0.376 e. The summed E-state index contributed by atoms with van der Waals surface area (Å²) in [7, 11) is 1.72. The second-order valence-corrected chi connectivity index (χ2v) is 5.84. The van der Waals surface area contributed by atoms with Gasteiger partial charge in [0.15, 0.2) is 0 Å². The monoisotopic (exact) mass is 329 g/mol. The van der Waals surface area contributed by atoms with Gasteiger partial charge < -0.3 is 14.9 Å². The van der Waals surface area contributed by atoms with Crippen LogP contribution < -0.4 is 16.4 Å². The number of aromatic nitrogens is 2. The standard InChI is InChI=1S/C17H16ClN3O2/c1-10-6-7-14(17(23)21(10)2)19-9-12-8-11-4-3-5-13(18)15(11)20-16(12)22/h3-8,19H,9H2,1-2H3,(H,20,22). The number of benzene rings is 1. The van der Waals surface area contributed by atoms with Crippen molar-refractivity contribution in [2.45, 2.75) is 13.5 Å². The van der Waals surface area contributed by atoms with E-state index in [0.717, 1.165) is 11.1 Å². The first-order valence-electron chi connectivity index (χ1n) is 7.18. The lowest BCUT2D eigenvalue weighted by atomic mass is 10.1. The van der Waals surface area contributed by atoms with Gasteiger partial charge in [-0.1, -0.05) is 23.7 Å². The van der Waals surface area contributed by atoms with Gasteiger partial charge >= 0.3 is 0 Å². The van der Waals surface area contributed by atoms with Gasteiger partial charge in [0.25, 0.3) is 11.1 Å². The molecule has 23 heavy (non-hydrogen) atoms. The van der Waals surface area contributed by atoms with Gasteiger partial charge in [-0.15, -0.1) is 0 Å². The Morgan fingerprint density at radius 1 is 1.22 bits per heavy atom. The number of fused-ring (bicyclic) bond motifs is 1. The predicted molar refractivity (Wildman–Crippen MR) is 93.3 cm³/mol. The van der Waals surface area contributed by atoms with Crippen LogP contribution in [-0.4, -0.2) is 9.55 Å². The third-order valence-electron chi connectivity index (χ3n) is 3.93.